The number of sulfonamides is 1. The summed E-state index contributed by atoms with van der Waals surface area (Å²) in [6.45, 7) is 2.07. The van der Waals surface area contributed by atoms with Gasteiger partial charge >= 0.3 is 0 Å². The number of hydrogen-bond donors (Lipinski definition) is 4. The summed E-state index contributed by atoms with van der Waals surface area (Å²) < 4.78 is 26.9. The molecule has 0 amide bonds. The van der Waals surface area contributed by atoms with Crippen molar-refractivity contribution in [2.24, 2.45) is 0 Å². The van der Waals surface area contributed by atoms with Gasteiger partial charge in [0.15, 0.2) is 0 Å². The first-order valence-electron chi connectivity index (χ1n) is 5.57. The molecule has 0 saturated carbocycles. The molecule has 10 heteroatoms. The molecule has 0 aliphatic rings. The average molecular weight is 285 g/mol. The summed E-state index contributed by atoms with van der Waals surface area (Å²) in [6, 6.07) is 0. The van der Waals surface area contributed by atoms with Gasteiger partial charge in [-0.25, -0.2) is 18.1 Å². The van der Waals surface area contributed by atoms with Crippen molar-refractivity contribution >= 4 is 10.0 Å². The molecule has 0 unspecified atom stereocenters. The molecule has 0 aromatic carbocycles. The summed E-state index contributed by atoms with van der Waals surface area (Å²) >= 11 is 0. The van der Waals surface area contributed by atoms with Gasteiger partial charge in [-0.05, 0) is 14.0 Å². The van der Waals surface area contributed by atoms with Crippen LogP contribution in [-0.4, -0.2) is 40.8 Å². The minimum Gasteiger partial charge on any atom is -0.314 e. The van der Waals surface area contributed by atoms with Gasteiger partial charge in [0.25, 0.3) is 0 Å². The van der Waals surface area contributed by atoms with Crippen LogP contribution in [0.4, 0.5) is 0 Å². The fourth-order valence-electron chi connectivity index (χ4n) is 1.66. The summed E-state index contributed by atoms with van der Waals surface area (Å²) in [5.74, 6) is 0.444. The fraction of sp³-hybridized carbons (Fsp3) is 0.444. The Kier molecular flexibility index (Phi) is 3.93. The van der Waals surface area contributed by atoms with Crippen LogP contribution in [0.1, 0.15) is 17.2 Å². The minimum atomic E-state index is -3.65. The molecular formula is C9H15N7O2S. The number of nitrogens with one attached hydrogen (secondary N) is 4. The van der Waals surface area contributed by atoms with Crippen molar-refractivity contribution in [3.63, 3.8) is 0 Å². The minimum absolute atomic E-state index is 0.0476. The molecule has 0 bridgehead atoms. The van der Waals surface area contributed by atoms with Crippen LogP contribution >= 0.6 is 0 Å². The summed E-state index contributed by atoms with van der Waals surface area (Å²) in [5.41, 5.74) is 0.945. The van der Waals surface area contributed by atoms with E-state index in [1.165, 1.54) is 6.33 Å². The number of aromatic nitrogens is 5. The number of hydrogen-bond acceptors (Lipinski definition) is 6. The second kappa shape index (κ2) is 5.47. The van der Waals surface area contributed by atoms with Crippen LogP contribution < -0.4 is 10.0 Å². The van der Waals surface area contributed by atoms with Crippen molar-refractivity contribution in [1.82, 2.24) is 35.4 Å². The second-order valence-electron chi connectivity index (χ2n) is 3.91. The van der Waals surface area contributed by atoms with E-state index in [1.807, 2.05) is 0 Å². The fourth-order valence-corrected chi connectivity index (χ4v) is 3.01. The highest BCUT2D eigenvalue weighted by atomic mass is 32.2. The van der Waals surface area contributed by atoms with E-state index in [0.29, 0.717) is 23.8 Å². The van der Waals surface area contributed by atoms with Gasteiger partial charge in [0.05, 0.1) is 17.9 Å². The molecule has 0 aliphatic carbocycles. The van der Waals surface area contributed by atoms with Gasteiger partial charge < -0.3 is 5.32 Å². The van der Waals surface area contributed by atoms with Crippen molar-refractivity contribution in [3.8, 4) is 0 Å². The van der Waals surface area contributed by atoms with Gasteiger partial charge in [0, 0.05) is 6.54 Å². The van der Waals surface area contributed by atoms with Crippen LogP contribution in [0.25, 0.3) is 0 Å². The van der Waals surface area contributed by atoms with Crippen LogP contribution in [0.15, 0.2) is 11.2 Å². The number of rotatable bonds is 6. The molecule has 2 aromatic rings. The van der Waals surface area contributed by atoms with Crippen molar-refractivity contribution in [2.75, 3.05) is 7.05 Å². The molecule has 0 aliphatic heterocycles. The lowest BCUT2D eigenvalue weighted by Crippen LogP contribution is -2.25. The lowest BCUT2D eigenvalue weighted by Gasteiger charge is -2.06. The Labute approximate surface area is 110 Å². The van der Waals surface area contributed by atoms with Gasteiger partial charge in [0.2, 0.25) is 10.0 Å². The highest BCUT2D eigenvalue weighted by Gasteiger charge is 2.23. The quantitative estimate of drug-likeness (QED) is 0.541. The van der Waals surface area contributed by atoms with E-state index in [1.54, 1.807) is 14.0 Å². The highest BCUT2D eigenvalue weighted by molar-refractivity contribution is 7.89. The third kappa shape index (κ3) is 2.97. The standard InChI is InChI=1S/C9H15N7O2S/c1-6-9(7(3-10-2)15-14-6)19(17,18)13-4-8-11-5-12-16-8/h5,10,13H,3-4H2,1-2H3,(H,14,15)(H,11,12,16). The molecule has 0 atom stereocenters. The van der Waals surface area contributed by atoms with Crippen molar-refractivity contribution in [1.29, 1.82) is 0 Å². The Bertz CT molecular complexity index is 632. The third-order valence-corrected chi connectivity index (χ3v) is 4.07. The Morgan fingerprint density at radius 3 is 2.74 bits per heavy atom. The van der Waals surface area contributed by atoms with Crippen LogP contribution in [-0.2, 0) is 23.1 Å². The predicted octanol–water partition coefficient (Wildman–Crippen LogP) is -0.966. The topological polar surface area (TPSA) is 128 Å². The molecule has 9 nitrogen and oxygen atoms in total. The molecule has 0 fully saturated rings. The highest BCUT2D eigenvalue weighted by Crippen LogP contribution is 2.17. The smallest absolute Gasteiger partial charge is 0.244 e. The van der Waals surface area contributed by atoms with Crippen LogP contribution in [0.3, 0.4) is 0 Å². The van der Waals surface area contributed by atoms with Gasteiger partial charge in [0.1, 0.15) is 17.0 Å². The van der Waals surface area contributed by atoms with Crippen LogP contribution in [0.5, 0.6) is 0 Å². The summed E-state index contributed by atoms with van der Waals surface area (Å²) in [6.07, 6.45) is 1.32. The van der Waals surface area contributed by atoms with E-state index in [0.717, 1.165) is 0 Å². The third-order valence-electron chi connectivity index (χ3n) is 2.47. The Balaban J connectivity index is 2.21. The first-order valence-corrected chi connectivity index (χ1v) is 7.05. The van der Waals surface area contributed by atoms with Gasteiger partial charge in [-0.2, -0.15) is 10.2 Å². The molecular weight excluding hydrogens is 270 g/mol. The molecule has 2 aromatic heterocycles. The number of nitrogens with zero attached hydrogens (tertiary/aromatic N) is 3. The normalized spacial score (nSPS) is 11.9. The van der Waals surface area contributed by atoms with Crippen LogP contribution in [0.2, 0.25) is 0 Å². The van der Waals surface area contributed by atoms with E-state index in [-0.39, 0.29) is 11.4 Å². The maximum atomic E-state index is 12.2. The van der Waals surface area contributed by atoms with E-state index in [9.17, 15) is 8.42 Å². The first-order chi connectivity index (χ1) is 9.04. The molecule has 19 heavy (non-hydrogen) atoms. The Hall–Kier alpha value is -1.78. The Morgan fingerprint density at radius 2 is 2.11 bits per heavy atom. The van der Waals surface area contributed by atoms with Crippen molar-refractivity contribution < 1.29 is 8.42 Å². The molecule has 2 rings (SSSR count). The molecule has 0 saturated heterocycles. The number of aryl methyl sites for hydroxylation is 1. The lowest BCUT2D eigenvalue weighted by molar-refractivity contribution is 0.576. The monoisotopic (exact) mass is 285 g/mol. The molecule has 0 spiro atoms. The van der Waals surface area contributed by atoms with Gasteiger partial charge in [-0.15, -0.1) is 0 Å². The molecule has 104 valence electrons. The summed E-state index contributed by atoms with van der Waals surface area (Å²) in [5, 5.41) is 15.8. The molecule has 4 N–H and O–H groups in total. The van der Waals surface area contributed by atoms with Gasteiger partial charge in [-0.3, -0.25) is 10.2 Å². The van der Waals surface area contributed by atoms with Crippen LogP contribution in [0, 0.1) is 6.92 Å². The van der Waals surface area contributed by atoms with E-state index in [4.69, 9.17) is 0 Å². The largest absolute Gasteiger partial charge is 0.314 e. The summed E-state index contributed by atoms with van der Waals surface area (Å²) in [4.78, 5) is 4.02. The zero-order valence-corrected chi connectivity index (χ0v) is 11.4. The molecule has 2 heterocycles. The zero-order valence-electron chi connectivity index (χ0n) is 10.6. The van der Waals surface area contributed by atoms with E-state index in [2.05, 4.69) is 35.4 Å². The van der Waals surface area contributed by atoms with Gasteiger partial charge in [-0.1, -0.05) is 0 Å². The average Bonchev–Trinajstić information content (AvgIpc) is 2.97. The van der Waals surface area contributed by atoms with E-state index < -0.39 is 10.0 Å². The maximum Gasteiger partial charge on any atom is 0.244 e. The van der Waals surface area contributed by atoms with Crippen molar-refractivity contribution in [2.45, 2.75) is 24.9 Å². The zero-order chi connectivity index (χ0) is 13.9. The second-order valence-corrected chi connectivity index (χ2v) is 5.62. The number of aromatic amines is 2. The first kappa shape index (κ1) is 13.6. The van der Waals surface area contributed by atoms with E-state index >= 15 is 0 Å². The van der Waals surface area contributed by atoms with Crippen molar-refractivity contribution in [3.05, 3.63) is 23.5 Å². The SMILES string of the molecule is CNCc1n[nH]c(C)c1S(=O)(=O)NCc1ncn[nH]1. The maximum absolute atomic E-state index is 12.2. The predicted molar refractivity (Wildman–Crippen MR) is 66.5 cm³/mol. The summed E-state index contributed by atoms with van der Waals surface area (Å²) in [7, 11) is -1.92. The Morgan fingerprint density at radius 1 is 1.32 bits per heavy atom. The number of H-pyrrole nitrogens is 2. The lowest BCUT2D eigenvalue weighted by atomic mass is 10.4. The molecule has 0 radical (unpaired) electrons.